The van der Waals surface area contributed by atoms with E-state index in [1.807, 2.05) is 4.90 Å². The van der Waals surface area contributed by atoms with E-state index >= 15 is 0 Å². The molecular weight excluding hydrogens is 386 g/mol. The van der Waals surface area contributed by atoms with Crippen LogP contribution in [0.5, 0.6) is 0 Å². The molecule has 9 heteroatoms. The van der Waals surface area contributed by atoms with Gasteiger partial charge in [0.05, 0.1) is 11.1 Å². The Bertz CT molecular complexity index is 966. The van der Waals surface area contributed by atoms with E-state index in [2.05, 4.69) is 15.8 Å². The minimum Gasteiger partial charge on any atom is -0.366 e. The maximum Gasteiger partial charge on any atom is 0.293 e. The maximum absolute atomic E-state index is 12.2. The van der Waals surface area contributed by atoms with Gasteiger partial charge in [-0.25, -0.2) is 5.43 Å². The molecule has 3 rings (SSSR count). The molecule has 0 radical (unpaired) electrons. The second kappa shape index (κ2) is 9.64. The number of nitro benzene ring substituents is 1. The zero-order chi connectivity index (χ0) is 21.5. The fourth-order valence-corrected chi connectivity index (χ4v) is 3.31. The number of hydrogen-bond acceptors (Lipinski definition) is 6. The van der Waals surface area contributed by atoms with Crippen LogP contribution >= 0.6 is 0 Å². The zero-order valence-electron chi connectivity index (χ0n) is 16.6. The molecule has 0 atom stereocenters. The minimum atomic E-state index is -0.430. The van der Waals surface area contributed by atoms with E-state index in [-0.39, 0.29) is 11.6 Å². The lowest BCUT2D eigenvalue weighted by Crippen LogP contribution is -2.29. The molecule has 1 fully saturated rings. The smallest absolute Gasteiger partial charge is 0.293 e. The fraction of sp³-hybridized carbons (Fsp3) is 0.286. The van der Waals surface area contributed by atoms with E-state index in [0.29, 0.717) is 22.5 Å². The summed E-state index contributed by atoms with van der Waals surface area (Å²) in [7, 11) is 0. The van der Waals surface area contributed by atoms with E-state index in [9.17, 15) is 19.7 Å². The van der Waals surface area contributed by atoms with Gasteiger partial charge in [-0.3, -0.25) is 19.7 Å². The first-order valence-corrected chi connectivity index (χ1v) is 9.68. The first-order valence-electron chi connectivity index (χ1n) is 9.68. The fourth-order valence-electron chi connectivity index (χ4n) is 3.31. The van der Waals surface area contributed by atoms with Gasteiger partial charge in [0.2, 0.25) is 5.91 Å². The molecule has 0 spiro atoms. The minimum absolute atomic E-state index is 0.0285. The summed E-state index contributed by atoms with van der Waals surface area (Å²) in [5.41, 5.74) is 4.51. The number of hydrazone groups is 1. The van der Waals surface area contributed by atoms with Crippen molar-refractivity contribution >= 4 is 35.1 Å². The first kappa shape index (κ1) is 21.0. The number of benzene rings is 2. The molecule has 0 saturated carbocycles. The van der Waals surface area contributed by atoms with Gasteiger partial charge in [0.25, 0.3) is 11.6 Å². The van der Waals surface area contributed by atoms with Crippen LogP contribution in [0.1, 0.15) is 42.1 Å². The van der Waals surface area contributed by atoms with E-state index < -0.39 is 10.8 Å². The third-order valence-electron chi connectivity index (χ3n) is 4.74. The molecule has 1 heterocycles. The number of amides is 2. The molecule has 2 N–H and O–H groups in total. The van der Waals surface area contributed by atoms with E-state index in [1.165, 1.54) is 19.2 Å². The Morgan fingerprint density at radius 1 is 1.10 bits per heavy atom. The van der Waals surface area contributed by atoms with Gasteiger partial charge in [-0.15, -0.1) is 0 Å². The number of carbonyl (C=O) groups excluding carboxylic acids is 2. The number of nitrogens with zero attached hydrogens (tertiary/aromatic N) is 3. The lowest BCUT2D eigenvalue weighted by molar-refractivity contribution is -0.384. The van der Waals surface area contributed by atoms with Crippen molar-refractivity contribution in [2.24, 2.45) is 5.10 Å². The number of anilines is 2. The Kier molecular flexibility index (Phi) is 6.74. The van der Waals surface area contributed by atoms with Gasteiger partial charge in [-0.2, -0.15) is 5.10 Å². The summed E-state index contributed by atoms with van der Waals surface area (Å²) >= 11 is 0. The Morgan fingerprint density at radius 2 is 1.80 bits per heavy atom. The molecule has 2 amide bonds. The van der Waals surface area contributed by atoms with Crippen LogP contribution in [-0.2, 0) is 4.79 Å². The SMILES string of the molecule is CC(=O)Nc1ccc(C(=O)N/N=C/c2ccc(N3CCCCC3)c([N+](=O)[O-])c2)cc1. The zero-order valence-corrected chi connectivity index (χ0v) is 16.6. The van der Waals surface area contributed by atoms with Gasteiger partial charge in [-0.05, 0) is 49.6 Å². The maximum atomic E-state index is 12.2. The summed E-state index contributed by atoms with van der Waals surface area (Å²) in [5.74, 6) is -0.628. The highest BCUT2D eigenvalue weighted by molar-refractivity contribution is 5.96. The monoisotopic (exact) mass is 409 g/mol. The second-order valence-electron chi connectivity index (χ2n) is 7.01. The Balaban J connectivity index is 1.66. The summed E-state index contributed by atoms with van der Waals surface area (Å²) in [6.07, 6.45) is 4.57. The van der Waals surface area contributed by atoms with Crippen molar-refractivity contribution in [1.29, 1.82) is 0 Å². The highest BCUT2D eigenvalue weighted by atomic mass is 16.6. The Hall–Kier alpha value is -3.75. The molecule has 0 bridgehead atoms. The summed E-state index contributed by atoms with van der Waals surface area (Å²) in [4.78, 5) is 36.4. The lowest BCUT2D eigenvalue weighted by Gasteiger charge is -2.28. The number of carbonyl (C=O) groups is 2. The average molecular weight is 409 g/mol. The van der Waals surface area contributed by atoms with Crippen LogP contribution in [0.15, 0.2) is 47.6 Å². The molecule has 1 aliphatic heterocycles. The van der Waals surface area contributed by atoms with Gasteiger partial charge in [0.1, 0.15) is 5.69 Å². The number of rotatable bonds is 6. The van der Waals surface area contributed by atoms with Gasteiger partial charge in [0, 0.05) is 42.9 Å². The summed E-state index contributed by atoms with van der Waals surface area (Å²) in [5, 5.41) is 18.0. The predicted octanol–water partition coefficient (Wildman–Crippen LogP) is 3.31. The molecule has 30 heavy (non-hydrogen) atoms. The van der Waals surface area contributed by atoms with Crippen LogP contribution in [0.25, 0.3) is 0 Å². The van der Waals surface area contributed by atoms with Crippen molar-refractivity contribution < 1.29 is 14.5 Å². The van der Waals surface area contributed by atoms with Crippen LogP contribution in [0, 0.1) is 10.1 Å². The van der Waals surface area contributed by atoms with Crippen molar-refractivity contribution in [3.05, 3.63) is 63.7 Å². The largest absolute Gasteiger partial charge is 0.366 e. The average Bonchev–Trinajstić information content (AvgIpc) is 2.74. The topological polar surface area (TPSA) is 117 Å². The van der Waals surface area contributed by atoms with Gasteiger partial charge >= 0.3 is 0 Å². The number of hydrogen-bond donors (Lipinski definition) is 2. The molecule has 0 aliphatic carbocycles. The molecule has 2 aromatic carbocycles. The lowest BCUT2D eigenvalue weighted by atomic mass is 10.1. The summed E-state index contributed by atoms with van der Waals surface area (Å²) < 4.78 is 0. The first-order chi connectivity index (χ1) is 14.4. The van der Waals surface area contributed by atoms with Crippen molar-refractivity contribution in [2.45, 2.75) is 26.2 Å². The van der Waals surface area contributed by atoms with Gasteiger partial charge in [0.15, 0.2) is 0 Å². The molecular formula is C21H23N5O4. The summed E-state index contributed by atoms with van der Waals surface area (Å²) in [6, 6.07) is 11.3. The Labute approximate surface area is 173 Å². The van der Waals surface area contributed by atoms with Gasteiger partial charge in [-0.1, -0.05) is 6.07 Å². The highest BCUT2D eigenvalue weighted by Crippen LogP contribution is 2.30. The highest BCUT2D eigenvalue weighted by Gasteiger charge is 2.21. The van der Waals surface area contributed by atoms with Crippen LogP contribution in [0.2, 0.25) is 0 Å². The van der Waals surface area contributed by atoms with E-state index in [0.717, 1.165) is 32.4 Å². The standard InChI is InChI=1S/C21H23N5O4/c1-15(27)23-18-8-6-17(7-9-18)21(28)24-22-14-16-5-10-19(20(13-16)26(29)30)25-11-3-2-4-12-25/h5-10,13-14H,2-4,11-12H2,1H3,(H,23,27)(H,24,28)/b22-14+. The molecule has 2 aromatic rings. The van der Waals surface area contributed by atoms with Gasteiger partial charge < -0.3 is 10.2 Å². The number of piperidine rings is 1. The number of nitrogens with one attached hydrogen (secondary N) is 2. The van der Waals surface area contributed by atoms with Crippen LogP contribution < -0.4 is 15.6 Å². The molecule has 156 valence electrons. The van der Waals surface area contributed by atoms with E-state index in [1.54, 1.807) is 36.4 Å². The van der Waals surface area contributed by atoms with Crippen LogP contribution in [0.3, 0.4) is 0 Å². The van der Waals surface area contributed by atoms with E-state index in [4.69, 9.17) is 0 Å². The second-order valence-corrected chi connectivity index (χ2v) is 7.01. The normalized spacial score (nSPS) is 13.8. The van der Waals surface area contributed by atoms with Crippen LogP contribution in [-0.4, -0.2) is 36.0 Å². The third-order valence-corrected chi connectivity index (χ3v) is 4.74. The molecule has 9 nitrogen and oxygen atoms in total. The van der Waals surface area contributed by atoms with Crippen molar-refractivity contribution in [3.63, 3.8) is 0 Å². The summed E-state index contributed by atoms with van der Waals surface area (Å²) in [6.45, 7) is 3.02. The van der Waals surface area contributed by atoms with Crippen molar-refractivity contribution in [2.75, 3.05) is 23.3 Å². The molecule has 1 aliphatic rings. The van der Waals surface area contributed by atoms with Crippen molar-refractivity contribution in [1.82, 2.24) is 5.43 Å². The quantitative estimate of drug-likeness (QED) is 0.431. The molecule has 0 unspecified atom stereocenters. The Morgan fingerprint density at radius 3 is 2.43 bits per heavy atom. The number of nitro groups is 1. The predicted molar refractivity (Wildman–Crippen MR) is 115 cm³/mol. The molecule has 1 saturated heterocycles. The van der Waals surface area contributed by atoms with Crippen molar-refractivity contribution in [3.8, 4) is 0 Å². The molecule has 0 aromatic heterocycles. The van der Waals surface area contributed by atoms with Crippen LogP contribution in [0.4, 0.5) is 17.1 Å². The third kappa shape index (κ3) is 5.40.